The van der Waals surface area contributed by atoms with Crippen molar-refractivity contribution in [1.29, 1.82) is 0 Å². The SMILES string of the molecule is C#CCn1c(O)c(N=NC(=O)CNc2ccc(C)cc2)c2cc(Br)ccc21. The van der Waals surface area contributed by atoms with Crippen LogP contribution in [0.4, 0.5) is 11.4 Å². The Morgan fingerprint density at radius 1 is 1.30 bits per heavy atom. The lowest BCUT2D eigenvalue weighted by molar-refractivity contribution is -0.116. The number of fused-ring (bicyclic) bond motifs is 1. The molecule has 1 amide bonds. The lowest BCUT2D eigenvalue weighted by Crippen LogP contribution is -2.10. The fraction of sp³-hybridized carbons (Fsp3) is 0.150. The number of terminal acetylenes is 1. The van der Waals surface area contributed by atoms with Crippen LogP contribution in [0.1, 0.15) is 5.56 Å². The molecule has 1 heterocycles. The van der Waals surface area contributed by atoms with E-state index in [4.69, 9.17) is 6.42 Å². The smallest absolute Gasteiger partial charge is 0.283 e. The van der Waals surface area contributed by atoms with Crippen molar-refractivity contribution in [3.8, 4) is 18.2 Å². The summed E-state index contributed by atoms with van der Waals surface area (Å²) in [6.45, 7) is 2.17. The number of hydrogen-bond acceptors (Lipinski definition) is 4. The Hall–Kier alpha value is -3.11. The molecule has 3 rings (SSSR count). The summed E-state index contributed by atoms with van der Waals surface area (Å²) in [5.41, 5.74) is 2.89. The Morgan fingerprint density at radius 3 is 2.74 bits per heavy atom. The minimum absolute atomic E-state index is 0.0000139. The zero-order valence-corrected chi connectivity index (χ0v) is 16.2. The highest BCUT2D eigenvalue weighted by Crippen LogP contribution is 2.39. The van der Waals surface area contributed by atoms with E-state index in [9.17, 15) is 9.90 Å². The molecule has 0 unspecified atom stereocenters. The van der Waals surface area contributed by atoms with Crippen molar-refractivity contribution in [2.45, 2.75) is 13.5 Å². The third-order valence-electron chi connectivity index (χ3n) is 3.98. The number of anilines is 1. The normalized spacial score (nSPS) is 11.0. The van der Waals surface area contributed by atoms with E-state index in [1.165, 1.54) is 0 Å². The number of aromatic hydroxyl groups is 1. The second-order valence-electron chi connectivity index (χ2n) is 5.94. The molecule has 3 aromatic rings. The molecule has 7 heteroatoms. The highest BCUT2D eigenvalue weighted by atomic mass is 79.9. The number of carbonyl (C=O) groups excluding carboxylic acids is 1. The molecule has 2 aromatic carbocycles. The molecule has 0 aliphatic heterocycles. The zero-order valence-electron chi connectivity index (χ0n) is 14.6. The van der Waals surface area contributed by atoms with Gasteiger partial charge in [0.2, 0.25) is 5.88 Å². The first-order chi connectivity index (χ1) is 13.0. The van der Waals surface area contributed by atoms with Gasteiger partial charge in [-0.1, -0.05) is 39.5 Å². The van der Waals surface area contributed by atoms with Gasteiger partial charge in [-0.3, -0.25) is 9.36 Å². The molecule has 0 fully saturated rings. The summed E-state index contributed by atoms with van der Waals surface area (Å²) in [6.07, 6.45) is 5.38. The molecule has 0 radical (unpaired) electrons. The number of halogens is 1. The van der Waals surface area contributed by atoms with Crippen molar-refractivity contribution in [3.05, 3.63) is 52.5 Å². The van der Waals surface area contributed by atoms with Crippen molar-refractivity contribution in [3.63, 3.8) is 0 Å². The van der Waals surface area contributed by atoms with Gasteiger partial charge in [0, 0.05) is 15.5 Å². The molecule has 0 aliphatic carbocycles. The van der Waals surface area contributed by atoms with Crippen molar-refractivity contribution in [2.24, 2.45) is 10.2 Å². The topological polar surface area (TPSA) is 79.0 Å². The van der Waals surface area contributed by atoms with Crippen molar-refractivity contribution < 1.29 is 9.90 Å². The third kappa shape index (κ3) is 4.18. The number of azo groups is 1. The standard InChI is InChI=1S/C20H17BrN4O2/c1-3-10-25-17-9-6-14(21)11-16(17)19(20(25)27)24-23-18(26)12-22-15-7-4-13(2)5-8-15/h1,4-9,11,22,27H,10,12H2,2H3. The number of aromatic nitrogens is 1. The molecule has 136 valence electrons. The van der Waals surface area contributed by atoms with Crippen LogP contribution in [-0.4, -0.2) is 22.1 Å². The minimum Gasteiger partial charge on any atom is -0.493 e. The summed E-state index contributed by atoms with van der Waals surface area (Å²) in [5.74, 6) is 1.92. The Labute approximate surface area is 165 Å². The van der Waals surface area contributed by atoms with Crippen LogP contribution < -0.4 is 5.32 Å². The summed E-state index contributed by atoms with van der Waals surface area (Å²) in [5, 5.41) is 21.8. The fourth-order valence-electron chi connectivity index (χ4n) is 2.64. The first-order valence-corrected chi connectivity index (χ1v) is 8.98. The molecule has 6 nitrogen and oxygen atoms in total. The van der Waals surface area contributed by atoms with E-state index >= 15 is 0 Å². The summed E-state index contributed by atoms with van der Waals surface area (Å²) in [7, 11) is 0. The number of amides is 1. The van der Waals surface area contributed by atoms with Crippen LogP contribution in [0.25, 0.3) is 10.9 Å². The van der Waals surface area contributed by atoms with Gasteiger partial charge < -0.3 is 10.4 Å². The van der Waals surface area contributed by atoms with E-state index in [-0.39, 0.29) is 24.7 Å². The summed E-state index contributed by atoms with van der Waals surface area (Å²) >= 11 is 3.39. The van der Waals surface area contributed by atoms with Gasteiger partial charge in [0.1, 0.15) is 0 Å². The molecule has 0 bridgehead atoms. The summed E-state index contributed by atoms with van der Waals surface area (Å²) < 4.78 is 2.36. The molecule has 0 atom stereocenters. The number of nitrogens with one attached hydrogen (secondary N) is 1. The maximum absolute atomic E-state index is 12.1. The van der Waals surface area contributed by atoms with Crippen LogP contribution in [0.5, 0.6) is 5.88 Å². The Morgan fingerprint density at radius 2 is 2.04 bits per heavy atom. The van der Waals surface area contributed by atoms with Crippen molar-refractivity contribution >= 4 is 44.1 Å². The summed E-state index contributed by atoms with van der Waals surface area (Å²) in [6, 6.07) is 13.1. The van der Waals surface area contributed by atoms with Crippen molar-refractivity contribution in [2.75, 3.05) is 11.9 Å². The predicted molar refractivity (Wildman–Crippen MR) is 109 cm³/mol. The quantitative estimate of drug-likeness (QED) is 0.457. The number of rotatable bonds is 5. The maximum Gasteiger partial charge on any atom is 0.283 e. The van der Waals surface area contributed by atoms with Gasteiger partial charge >= 0.3 is 0 Å². The Balaban J connectivity index is 1.81. The van der Waals surface area contributed by atoms with Gasteiger partial charge in [0.25, 0.3) is 5.91 Å². The van der Waals surface area contributed by atoms with Crippen molar-refractivity contribution in [1.82, 2.24) is 4.57 Å². The Kier molecular flexibility index (Phi) is 5.57. The zero-order chi connectivity index (χ0) is 19.4. The van der Waals surface area contributed by atoms with E-state index in [1.807, 2.05) is 43.3 Å². The monoisotopic (exact) mass is 424 g/mol. The second kappa shape index (κ2) is 8.06. The Bertz CT molecular complexity index is 1060. The first-order valence-electron chi connectivity index (χ1n) is 8.19. The van der Waals surface area contributed by atoms with E-state index < -0.39 is 5.91 Å². The van der Waals surface area contributed by atoms with Gasteiger partial charge in [-0.05, 0) is 37.3 Å². The number of hydrogen-bond donors (Lipinski definition) is 2. The van der Waals surface area contributed by atoms with Crippen LogP contribution >= 0.6 is 15.9 Å². The number of benzene rings is 2. The minimum atomic E-state index is -0.456. The second-order valence-corrected chi connectivity index (χ2v) is 6.85. The fourth-order valence-corrected chi connectivity index (χ4v) is 3.00. The molecule has 2 N–H and O–H groups in total. The van der Waals surface area contributed by atoms with Crippen LogP contribution in [0.2, 0.25) is 0 Å². The van der Waals surface area contributed by atoms with E-state index in [2.05, 4.69) is 37.4 Å². The maximum atomic E-state index is 12.1. The van der Waals surface area contributed by atoms with Crippen LogP contribution in [-0.2, 0) is 11.3 Å². The number of nitrogens with zero attached hydrogens (tertiary/aromatic N) is 3. The van der Waals surface area contributed by atoms with Gasteiger partial charge in [-0.25, -0.2) is 0 Å². The lowest BCUT2D eigenvalue weighted by atomic mass is 10.2. The van der Waals surface area contributed by atoms with E-state index in [1.54, 1.807) is 10.6 Å². The molecule has 27 heavy (non-hydrogen) atoms. The highest BCUT2D eigenvalue weighted by molar-refractivity contribution is 9.10. The van der Waals surface area contributed by atoms with E-state index in [0.717, 1.165) is 15.7 Å². The lowest BCUT2D eigenvalue weighted by Gasteiger charge is -2.03. The number of carbonyl (C=O) groups is 1. The van der Waals surface area contributed by atoms with Crippen LogP contribution in [0.3, 0.4) is 0 Å². The average Bonchev–Trinajstić information content (AvgIpc) is 2.91. The molecule has 0 aliphatic rings. The highest BCUT2D eigenvalue weighted by Gasteiger charge is 2.16. The van der Waals surface area contributed by atoms with Gasteiger partial charge in [-0.2, -0.15) is 0 Å². The molecule has 0 saturated carbocycles. The summed E-state index contributed by atoms with van der Waals surface area (Å²) in [4.78, 5) is 12.1. The predicted octanol–water partition coefficient (Wildman–Crippen LogP) is 4.77. The van der Waals surface area contributed by atoms with Gasteiger partial charge in [0.15, 0.2) is 5.69 Å². The van der Waals surface area contributed by atoms with Crippen LogP contribution in [0, 0.1) is 19.3 Å². The largest absolute Gasteiger partial charge is 0.493 e. The molecule has 1 aromatic heterocycles. The molecule has 0 saturated heterocycles. The molecule has 0 spiro atoms. The van der Waals surface area contributed by atoms with Gasteiger partial charge in [-0.15, -0.1) is 16.7 Å². The number of aryl methyl sites for hydroxylation is 1. The molecular formula is C20H17BrN4O2. The average molecular weight is 425 g/mol. The van der Waals surface area contributed by atoms with E-state index in [0.29, 0.717) is 10.9 Å². The first kappa shape index (κ1) is 18.7. The molecular weight excluding hydrogens is 408 g/mol. The van der Waals surface area contributed by atoms with Crippen LogP contribution in [0.15, 0.2) is 57.2 Å². The third-order valence-corrected chi connectivity index (χ3v) is 4.47. The van der Waals surface area contributed by atoms with Gasteiger partial charge in [0.05, 0.1) is 18.6 Å².